The molecule has 10 heteroatoms. The lowest BCUT2D eigenvalue weighted by Crippen LogP contribution is -2.49. The van der Waals surface area contributed by atoms with E-state index in [1.54, 1.807) is 12.1 Å². The Balaban J connectivity index is 1.64. The van der Waals surface area contributed by atoms with Gasteiger partial charge in [-0.1, -0.05) is 17.7 Å². The van der Waals surface area contributed by atoms with E-state index < -0.39 is 33.7 Å². The van der Waals surface area contributed by atoms with Gasteiger partial charge in [-0.05, 0) is 43.3 Å². The number of rotatable bonds is 7. The molecule has 0 spiro atoms. The van der Waals surface area contributed by atoms with E-state index in [2.05, 4.69) is 4.90 Å². The summed E-state index contributed by atoms with van der Waals surface area (Å²) < 4.78 is 47.0. The van der Waals surface area contributed by atoms with Gasteiger partial charge in [0.15, 0.2) is 0 Å². The van der Waals surface area contributed by atoms with Crippen molar-refractivity contribution in [3.8, 4) is 0 Å². The number of halogens is 1. The van der Waals surface area contributed by atoms with E-state index in [1.807, 2.05) is 6.92 Å². The summed E-state index contributed by atoms with van der Waals surface area (Å²) in [5, 5.41) is 0. The maximum absolute atomic E-state index is 13.6. The molecule has 0 aromatic heterocycles. The van der Waals surface area contributed by atoms with Crippen LogP contribution in [0.3, 0.4) is 0 Å². The zero-order chi connectivity index (χ0) is 23.6. The van der Waals surface area contributed by atoms with E-state index >= 15 is 0 Å². The van der Waals surface area contributed by atoms with E-state index in [4.69, 9.17) is 4.74 Å². The highest BCUT2D eigenvalue weighted by molar-refractivity contribution is 7.89. The monoisotopic (exact) mass is 475 g/mol. The molecule has 1 unspecified atom stereocenters. The number of carbonyl (C=O) groups excluding carboxylic acids is 2. The number of benzene rings is 2. The summed E-state index contributed by atoms with van der Waals surface area (Å²) in [7, 11) is -4.06. The topological polar surface area (TPSA) is 87.2 Å². The molecular weight excluding hydrogens is 449 g/mol. The molecule has 2 saturated heterocycles. The van der Waals surface area contributed by atoms with Crippen molar-refractivity contribution in [2.45, 2.75) is 24.3 Å². The van der Waals surface area contributed by atoms with Crippen LogP contribution in [0, 0.1) is 12.7 Å². The molecule has 0 bridgehead atoms. The molecule has 0 saturated carbocycles. The normalized spacial score (nSPS) is 20.1. The van der Waals surface area contributed by atoms with Crippen molar-refractivity contribution in [2.75, 3.05) is 44.3 Å². The smallest absolute Gasteiger partial charge is 0.252 e. The Morgan fingerprint density at radius 3 is 2.30 bits per heavy atom. The Kier molecular flexibility index (Phi) is 6.89. The third kappa shape index (κ3) is 4.98. The van der Waals surface area contributed by atoms with Gasteiger partial charge in [0.1, 0.15) is 11.9 Å². The first-order valence-corrected chi connectivity index (χ1v) is 12.2. The van der Waals surface area contributed by atoms with Gasteiger partial charge in [0, 0.05) is 26.2 Å². The molecule has 2 heterocycles. The summed E-state index contributed by atoms with van der Waals surface area (Å²) in [6.45, 7) is 4.76. The second kappa shape index (κ2) is 9.68. The van der Waals surface area contributed by atoms with Crippen LogP contribution in [-0.2, 0) is 24.3 Å². The molecule has 176 valence electrons. The van der Waals surface area contributed by atoms with E-state index in [9.17, 15) is 22.4 Å². The van der Waals surface area contributed by atoms with Crippen LogP contribution in [0.15, 0.2) is 53.4 Å². The molecule has 2 fully saturated rings. The number of anilines is 1. The molecule has 8 nitrogen and oxygen atoms in total. The van der Waals surface area contributed by atoms with Gasteiger partial charge in [0.05, 0.1) is 30.2 Å². The van der Waals surface area contributed by atoms with Crippen molar-refractivity contribution < 1.29 is 27.1 Å². The highest BCUT2D eigenvalue weighted by Crippen LogP contribution is 2.29. The number of ether oxygens (including phenoxy) is 1. The molecule has 2 amide bonds. The van der Waals surface area contributed by atoms with Crippen LogP contribution in [-0.4, -0.2) is 74.9 Å². The van der Waals surface area contributed by atoms with Crippen molar-refractivity contribution in [1.82, 2.24) is 9.21 Å². The number of carbonyl (C=O) groups is 2. The van der Waals surface area contributed by atoms with Gasteiger partial charge in [-0.25, -0.2) is 17.7 Å². The molecule has 0 aliphatic carbocycles. The lowest BCUT2D eigenvalue weighted by Gasteiger charge is -2.31. The largest absolute Gasteiger partial charge is 0.379 e. The number of morpholine rings is 1. The number of imide groups is 1. The number of hydrogen-bond donors (Lipinski definition) is 0. The molecule has 2 aliphatic heterocycles. The molecular formula is C23H26FN3O5S. The Morgan fingerprint density at radius 1 is 1.03 bits per heavy atom. The molecule has 4 rings (SSSR count). The second-order valence-electron chi connectivity index (χ2n) is 8.15. The summed E-state index contributed by atoms with van der Waals surface area (Å²) in [4.78, 5) is 29.1. The fourth-order valence-corrected chi connectivity index (χ4v) is 5.63. The van der Waals surface area contributed by atoms with Crippen LogP contribution in [0.1, 0.15) is 12.0 Å². The summed E-state index contributed by atoms with van der Waals surface area (Å²) in [5.41, 5.74) is 1.12. The SMILES string of the molecule is Cc1ccc(S(=O)(=O)N(CCN2CCOCC2)C2CC(=O)N(c3ccc(F)cc3)C2=O)cc1. The third-order valence-electron chi connectivity index (χ3n) is 5.92. The quantitative estimate of drug-likeness (QED) is 0.568. The lowest BCUT2D eigenvalue weighted by atomic mass is 10.2. The predicted molar refractivity (Wildman–Crippen MR) is 120 cm³/mol. The zero-order valence-electron chi connectivity index (χ0n) is 18.3. The molecule has 0 N–H and O–H groups in total. The third-order valence-corrected chi connectivity index (χ3v) is 7.85. The van der Waals surface area contributed by atoms with Crippen LogP contribution in [0.4, 0.5) is 10.1 Å². The van der Waals surface area contributed by atoms with Crippen LogP contribution < -0.4 is 4.90 Å². The van der Waals surface area contributed by atoms with Crippen molar-refractivity contribution >= 4 is 27.5 Å². The number of hydrogen-bond acceptors (Lipinski definition) is 6. The minimum absolute atomic E-state index is 0.0527. The second-order valence-corrected chi connectivity index (χ2v) is 10.0. The fourth-order valence-electron chi connectivity index (χ4n) is 4.06. The number of nitrogens with zero attached hydrogens (tertiary/aromatic N) is 3. The Morgan fingerprint density at radius 2 is 1.67 bits per heavy atom. The Bertz CT molecular complexity index is 1120. The van der Waals surface area contributed by atoms with E-state index in [-0.39, 0.29) is 23.5 Å². The van der Waals surface area contributed by atoms with Crippen molar-refractivity contribution in [3.05, 3.63) is 59.9 Å². The highest BCUT2D eigenvalue weighted by atomic mass is 32.2. The van der Waals surface area contributed by atoms with Crippen molar-refractivity contribution in [2.24, 2.45) is 0 Å². The maximum Gasteiger partial charge on any atom is 0.252 e. The Labute approximate surface area is 192 Å². The summed E-state index contributed by atoms with van der Waals surface area (Å²) in [5.74, 6) is -1.65. The van der Waals surface area contributed by atoms with Gasteiger partial charge < -0.3 is 4.74 Å². The van der Waals surface area contributed by atoms with E-state index in [1.165, 1.54) is 24.3 Å². The Hall–Kier alpha value is -2.66. The molecule has 33 heavy (non-hydrogen) atoms. The molecule has 0 radical (unpaired) electrons. The van der Waals surface area contributed by atoms with Crippen LogP contribution in [0.2, 0.25) is 0 Å². The summed E-state index contributed by atoms with van der Waals surface area (Å²) >= 11 is 0. The van der Waals surface area contributed by atoms with Gasteiger partial charge in [-0.2, -0.15) is 4.31 Å². The highest BCUT2D eigenvalue weighted by Gasteiger charge is 2.47. The van der Waals surface area contributed by atoms with E-state index in [0.29, 0.717) is 32.8 Å². The molecule has 2 aliphatic rings. The number of sulfonamides is 1. The molecule has 2 aromatic carbocycles. The zero-order valence-corrected chi connectivity index (χ0v) is 19.1. The van der Waals surface area contributed by atoms with Crippen LogP contribution >= 0.6 is 0 Å². The first kappa shape index (κ1) is 23.5. The average molecular weight is 476 g/mol. The minimum Gasteiger partial charge on any atom is -0.379 e. The van der Waals surface area contributed by atoms with E-state index in [0.717, 1.165) is 26.9 Å². The van der Waals surface area contributed by atoms with Crippen LogP contribution in [0.25, 0.3) is 0 Å². The molecule has 2 aromatic rings. The first-order chi connectivity index (χ1) is 15.8. The molecule has 1 atom stereocenters. The number of aryl methyl sites for hydroxylation is 1. The van der Waals surface area contributed by atoms with Gasteiger partial charge in [-0.3, -0.25) is 14.5 Å². The van der Waals surface area contributed by atoms with Gasteiger partial charge in [0.25, 0.3) is 5.91 Å². The first-order valence-electron chi connectivity index (χ1n) is 10.8. The minimum atomic E-state index is -4.06. The van der Waals surface area contributed by atoms with Crippen molar-refractivity contribution in [3.63, 3.8) is 0 Å². The standard InChI is InChI=1S/C23H26FN3O5S/c1-17-2-8-20(9-3-17)33(30,31)26(11-10-25-12-14-32-15-13-25)21-16-22(28)27(23(21)29)19-6-4-18(24)5-7-19/h2-9,21H,10-16H2,1H3. The summed E-state index contributed by atoms with van der Waals surface area (Å²) in [6.07, 6.45) is -0.273. The summed E-state index contributed by atoms with van der Waals surface area (Å²) in [6, 6.07) is 10.2. The van der Waals surface area contributed by atoms with Gasteiger partial charge in [0.2, 0.25) is 15.9 Å². The van der Waals surface area contributed by atoms with Crippen LogP contribution in [0.5, 0.6) is 0 Å². The fraction of sp³-hybridized carbons (Fsp3) is 0.391. The lowest BCUT2D eigenvalue weighted by molar-refractivity contribution is -0.122. The maximum atomic E-state index is 13.6. The van der Waals surface area contributed by atoms with Gasteiger partial charge in [-0.15, -0.1) is 0 Å². The predicted octanol–water partition coefficient (Wildman–Crippen LogP) is 1.79. The van der Waals surface area contributed by atoms with Crippen molar-refractivity contribution in [1.29, 1.82) is 0 Å². The number of amides is 2. The van der Waals surface area contributed by atoms with Gasteiger partial charge >= 0.3 is 0 Å². The average Bonchev–Trinajstić information content (AvgIpc) is 3.09.